The molecule has 1 aliphatic heterocycles. The summed E-state index contributed by atoms with van der Waals surface area (Å²) in [6, 6.07) is -0.0708. The van der Waals surface area contributed by atoms with Gasteiger partial charge in [-0.1, -0.05) is 0 Å². The van der Waals surface area contributed by atoms with E-state index < -0.39 is 13.4 Å². The van der Waals surface area contributed by atoms with E-state index in [0.29, 0.717) is 23.7 Å². The number of nitrogen functional groups attached to an aromatic ring is 1. The number of anilines is 1. The minimum absolute atomic E-state index is 0.0708. The van der Waals surface area contributed by atoms with Crippen LogP contribution in [0.3, 0.4) is 0 Å². The number of imidazole rings is 1. The van der Waals surface area contributed by atoms with E-state index in [1.807, 2.05) is 46.1 Å². The molecule has 1 saturated heterocycles. The average Bonchev–Trinajstić information content (AvgIpc) is 2.95. The molecule has 2 N–H and O–H groups in total. The van der Waals surface area contributed by atoms with Crippen molar-refractivity contribution in [1.82, 2.24) is 19.5 Å². The second kappa shape index (κ2) is 8.11. The smallest absolute Gasteiger partial charge is 0.331 e. The van der Waals surface area contributed by atoms with Crippen molar-refractivity contribution in [3.05, 3.63) is 11.6 Å². The maximum absolute atomic E-state index is 13.6. The molecule has 0 aromatic carbocycles. The predicted octanol–water partition coefficient (Wildman–Crippen LogP) is 4.58. The summed E-state index contributed by atoms with van der Waals surface area (Å²) in [5, 5.41) is 0.0740. The molecule has 0 amide bonds. The Balaban J connectivity index is 1.47. The highest BCUT2D eigenvalue weighted by atomic mass is 35.5. The van der Waals surface area contributed by atoms with Crippen LogP contribution in [0.2, 0.25) is 5.28 Å². The summed E-state index contributed by atoms with van der Waals surface area (Å²) in [5.74, 6) is -0.257. The number of nitrogens with two attached hydrogens (primary N) is 1. The van der Waals surface area contributed by atoms with Crippen LogP contribution in [0.1, 0.15) is 60.4 Å². The number of nitrogens with zero attached hydrogens (tertiary/aromatic N) is 4. The van der Waals surface area contributed by atoms with Gasteiger partial charge in [-0.2, -0.15) is 9.97 Å². The molecule has 34 heavy (non-hydrogen) atoms. The van der Waals surface area contributed by atoms with Gasteiger partial charge in [-0.15, -0.1) is 0 Å². The van der Waals surface area contributed by atoms with Crippen LogP contribution in [-0.4, -0.2) is 55.9 Å². The molecule has 188 valence electrons. The minimum Gasteiger partial charge on any atom is -0.382 e. The Morgan fingerprint density at radius 3 is 2.56 bits per heavy atom. The molecule has 2 saturated carbocycles. The van der Waals surface area contributed by atoms with Crippen molar-refractivity contribution < 1.29 is 23.1 Å². The van der Waals surface area contributed by atoms with Crippen LogP contribution in [0.4, 0.5) is 5.82 Å². The number of halogens is 1. The molecule has 10 nitrogen and oxygen atoms in total. The van der Waals surface area contributed by atoms with Gasteiger partial charge in [0.25, 0.3) is 0 Å². The molecule has 3 heterocycles. The lowest BCUT2D eigenvalue weighted by atomic mass is 9.96. The number of rotatable bonds is 8. The lowest BCUT2D eigenvalue weighted by Crippen LogP contribution is -2.32. The van der Waals surface area contributed by atoms with E-state index in [2.05, 4.69) is 15.0 Å². The van der Waals surface area contributed by atoms with Crippen molar-refractivity contribution in [3.63, 3.8) is 0 Å². The Morgan fingerprint density at radius 2 is 1.91 bits per heavy atom. The Bertz CT molecular complexity index is 1140. The predicted molar refractivity (Wildman–Crippen MR) is 128 cm³/mol. The standard InChI is InChI=1S/C22H33ClN5O5P/c1-11(2)32-34(29,33-12(3)4)8-7-22-9-13(22)15(16-17(22)31-21(5,6)30-16)28-10-25-14-18(24)26-20(23)27-19(14)28/h10-13,15-17H,7-9H2,1-6H3,(H2,24,26,27)/t13-,15-,16+,17+,22?/m1/s1. The van der Waals surface area contributed by atoms with E-state index >= 15 is 0 Å². The van der Waals surface area contributed by atoms with Crippen LogP contribution >= 0.6 is 19.2 Å². The van der Waals surface area contributed by atoms with Gasteiger partial charge in [-0.3, -0.25) is 4.57 Å². The number of fused-ring (bicyclic) bond motifs is 4. The fourth-order valence-corrected chi connectivity index (χ4v) is 8.29. The molecular weight excluding hydrogens is 481 g/mol. The Morgan fingerprint density at radius 1 is 1.24 bits per heavy atom. The quantitative estimate of drug-likeness (QED) is 0.399. The lowest BCUT2D eigenvalue weighted by molar-refractivity contribution is -0.161. The summed E-state index contributed by atoms with van der Waals surface area (Å²) < 4.78 is 40.0. The molecule has 2 aromatic heterocycles. The van der Waals surface area contributed by atoms with Crippen molar-refractivity contribution in [3.8, 4) is 0 Å². The van der Waals surface area contributed by atoms with Gasteiger partial charge in [0.1, 0.15) is 11.6 Å². The van der Waals surface area contributed by atoms with Crippen LogP contribution < -0.4 is 5.73 Å². The Labute approximate surface area is 204 Å². The fraction of sp³-hybridized carbons (Fsp3) is 0.773. The number of hydrogen-bond acceptors (Lipinski definition) is 9. The van der Waals surface area contributed by atoms with E-state index in [1.165, 1.54) is 0 Å². The van der Waals surface area contributed by atoms with Crippen molar-refractivity contribution in [2.75, 3.05) is 11.9 Å². The normalized spacial score (nSPS) is 32.0. The molecule has 3 fully saturated rings. The van der Waals surface area contributed by atoms with Gasteiger partial charge >= 0.3 is 7.60 Å². The molecule has 3 aliphatic rings. The summed E-state index contributed by atoms with van der Waals surface area (Å²) in [4.78, 5) is 12.9. The number of aromatic nitrogens is 4. The van der Waals surface area contributed by atoms with E-state index in [-0.39, 0.29) is 52.9 Å². The van der Waals surface area contributed by atoms with E-state index in [9.17, 15) is 4.57 Å². The molecule has 0 radical (unpaired) electrons. The third kappa shape index (κ3) is 4.06. The third-order valence-corrected chi connectivity index (χ3v) is 9.39. The number of ether oxygens (including phenoxy) is 2. The fourth-order valence-electron chi connectivity index (χ4n) is 5.88. The Kier molecular flexibility index (Phi) is 5.82. The molecular formula is C22H33ClN5O5P. The zero-order chi connectivity index (χ0) is 24.6. The van der Waals surface area contributed by atoms with Gasteiger partial charge in [0, 0.05) is 5.41 Å². The SMILES string of the molecule is CC(C)OP(=O)(CCC12C[C@@H]1[C@@H](n1cnc3c(N)nc(Cl)nc31)[C@@H]1OC(C)(C)O[C@@H]12)OC(C)C. The van der Waals surface area contributed by atoms with E-state index in [1.54, 1.807) is 6.33 Å². The highest BCUT2D eigenvalue weighted by Crippen LogP contribution is 2.74. The molecule has 12 heteroatoms. The zero-order valence-electron chi connectivity index (χ0n) is 20.4. The summed E-state index contributed by atoms with van der Waals surface area (Å²) in [5.41, 5.74) is 6.93. The maximum Gasteiger partial charge on any atom is 0.331 e. The van der Waals surface area contributed by atoms with Gasteiger partial charge < -0.3 is 28.8 Å². The van der Waals surface area contributed by atoms with Crippen LogP contribution in [0.5, 0.6) is 0 Å². The van der Waals surface area contributed by atoms with Crippen molar-refractivity contribution >= 4 is 36.2 Å². The second-order valence-corrected chi connectivity index (χ2v) is 13.1. The molecule has 1 unspecified atom stereocenters. The van der Waals surface area contributed by atoms with Crippen LogP contribution in [0, 0.1) is 11.3 Å². The van der Waals surface area contributed by atoms with Gasteiger partial charge in [0.05, 0.1) is 36.8 Å². The first-order chi connectivity index (χ1) is 15.8. The van der Waals surface area contributed by atoms with Crippen molar-refractivity contribution in [2.24, 2.45) is 11.3 Å². The largest absolute Gasteiger partial charge is 0.382 e. The highest BCUT2D eigenvalue weighted by molar-refractivity contribution is 7.53. The van der Waals surface area contributed by atoms with Crippen LogP contribution in [-0.2, 0) is 23.1 Å². The van der Waals surface area contributed by atoms with Gasteiger partial charge in [0.2, 0.25) is 5.28 Å². The first-order valence-corrected chi connectivity index (χ1v) is 13.9. The summed E-state index contributed by atoms with van der Waals surface area (Å²) in [7, 11) is -3.27. The van der Waals surface area contributed by atoms with Crippen molar-refractivity contribution in [1.29, 1.82) is 0 Å². The zero-order valence-corrected chi connectivity index (χ0v) is 22.0. The first kappa shape index (κ1) is 24.4. The second-order valence-electron chi connectivity index (χ2n) is 10.6. The average molecular weight is 514 g/mol. The number of hydrogen-bond donors (Lipinski definition) is 1. The monoisotopic (exact) mass is 513 g/mol. The van der Waals surface area contributed by atoms with E-state index in [0.717, 1.165) is 6.42 Å². The topological polar surface area (TPSA) is 124 Å². The molecule has 5 atom stereocenters. The molecule has 2 aromatic rings. The van der Waals surface area contributed by atoms with Crippen LogP contribution in [0.25, 0.3) is 11.2 Å². The summed E-state index contributed by atoms with van der Waals surface area (Å²) >= 11 is 6.11. The molecule has 0 bridgehead atoms. The van der Waals surface area contributed by atoms with Crippen molar-refractivity contribution in [2.45, 2.75) is 90.6 Å². The van der Waals surface area contributed by atoms with Gasteiger partial charge in [-0.05, 0) is 71.9 Å². The highest BCUT2D eigenvalue weighted by Gasteiger charge is 2.75. The summed E-state index contributed by atoms with van der Waals surface area (Å²) in [6.07, 6.45) is 2.85. The summed E-state index contributed by atoms with van der Waals surface area (Å²) in [6.45, 7) is 11.3. The van der Waals surface area contributed by atoms with Crippen LogP contribution in [0.15, 0.2) is 6.33 Å². The van der Waals surface area contributed by atoms with E-state index in [4.69, 9.17) is 35.9 Å². The Hall–Kier alpha value is -1.29. The molecule has 5 rings (SSSR count). The lowest BCUT2D eigenvalue weighted by Gasteiger charge is -2.27. The molecule has 0 spiro atoms. The maximum atomic E-state index is 13.6. The minimum atomic E-state index is -3.27. The third-order valence-electron chi connectivity index (χ3n) is 6.96. The molecule has 2 aliphatic carbocycles. The van der Waals surface area contributed by atoms with Gasteiger partial charge in [0.15, 0.2) is 17.3 Å². The first-order valence-electron chi connectivity index (χ1n) is 11.8. The van der Waals surface area contributed by atoms with Gasteiger partial charge in [-0.25, -0.2) is 4.98 Å².